The van der Waals surface area contributed by atoms with Crippen molar-refractivity contribution in [3.63, 3.8) is 0 Å². The predicted molar refractivity (Wildman–Crippen MR) is 137 cm³/mol. The molecule has 0 aliphatic rings. The number of hydrogen-bond donors (Lipinski definition) is 1. The van der Waals surface area contributed by atoms with Crippen LogP contribution in [0.3, 0.4) is 0 Å². The number of ether oxygens (including phenoxy) is 2. The molecule has 1 atom stereocenters. The molecule has 0 spiro atoms. The van der Waals surface area contributed by atoms with E-state index in [-0.39, 0.29) is 18.2 Å². The molecule has 3 aromatic carbocycles. The van der Waals surface area contributed by atoms with Gasteiger partial charge in [0.1, 0.15) is 18.2 Å². The molecule has 176 valence electrons. The van der Waals surface area contributed by atoms with Gasteiger partial charge < -0.3 is 14.8 Å². The maximum Gasteiger partial charge on any atom is 0.262 e. The number of halogens is 1. The second-order valence-corrected chi connectivity index (χ2v) is 8.44. The number of nitrogens with one attached hydrogen (secondary N) is 1. The fourth-order valence-corrected chi connectivity index (χ4v) is 3.79. The van der Waals surface area contributed by atoms with Gasteiger partial charge >= 0.3 is 0 Å². The first-order valence-electron chi connectivity index (χ1n) is 11.0. The molecule has 3 aromatic rings. The summed E-state index contributed by atoms with van der Waals surface area (Å²) in [6.45, 7) is 4.30. The third kappa shape index (κ3) is 6.72. The van der Waals surface area contributed by atoms with Crippen LogP contribution in [0.5, 0.6) is 11.5 Å². The zero-order chi connectivity index (χ0) is 25.2. The summed E-state index contributed by atoms with van der Waals surface area (Å²) in [5.41, 5.74) is 2.80. The summed E-state index contributed by atoms with van der Waals surface area (Å²) >= 11 is 3.51. The van der Waals surface area contributed by atoms with Gasteiger partial charge in [-0.2, -0.15) is 10.5 Å². The molecule has 1 amide bonds. The first-order chi connectivity index (χ1) is 17.0. The van der Waals surface area contributed by atoms with E-state index in [1.807, 2.05) is 62.4 Å². The second kappa shape index (κ2) is 12.4. The number of benzene rings is 3. The van der Waals surface area contributed by atoms with Crippen molar-refractivity contribution in [2.45, 2.75) is 26.5 Å². The van der Waals surface area contributed by atoms with Crippen LogP contribution in [-0.4, -0.2) is 12.5 Å². The van der Waals surface area contributed by atoms with E-state index in [1.54, 1.807) is 24.3 Å². The van der Waals surface area contributed by atoms with Crippen molar-refractivity contribution in [3.05, 3.63) is 99.0 Å². The number of carbonyl (C=O) groups excluding carboxylic acids is 1. The van der Waals surface area contributed by atoms with Crippen molar-refractivity contribution in [1.29, 1.82) is 10.5 Å². The number of carbonyl (C=O) groups is 1. The van der Waals surface area contributed by atoms with Crippen molar-refractivity contribution < 1.29 is 14.3 Å². The Bertz CT molecular complexity index is 1310. The van der Waals surface area contributed by atoms with Crippen LogP contribution in [0.25, 0.3) is 6.08 Å². The Kier molecular flexibility index (Phi) is 9.06. The van der Waals surface area contributed by atoms with Gasteiger partial charge in [-0.25, -0.2) is 0 Å². The largest absolute Gasteiger partial charge is 0.490 e. The van der Waals surface area contributed by atoms with Gasteiger partial charge in [0.15, 0.2) is 11.5 Å². The Morgan fingerprint density at radius 1 is 1.06 bits per heavy atom. The minimum atomic E-state index is -0.470. The van der Waals surface area contributed by atoms with Crippen LogP contribution in [0.2, 0.25) is 0 Å². The fourth-order valence-electron chi connectivity index (χ4n) is 3.36. The number of nitrogens with zero attached hydrogens (tertiary/aromatic N) is 2. The molecule has 0 unspecified atom stereocenters. The van der Waals surface area contributed by atoms with E-state index in [4.69, 9.17) is 9.47 Å². The van der Waals surface area contributed by atoms with Crippen molar-refractivity contribution in [2.75, 3.05) is 6.61 Å². The standard InChI is InChI=1S/C28H24BrN3O3/c1-3-34-26-14-23(13-24(17-31)28(33)32-19(2)20-9-5-4-6-10-20)25(29)15-27(26)35-18-22-12-8-7-11-21(22)16-30/h4-15,19H,3,18H2,1-2H3,(H,32,33)/b24-13-/t19-/m1/s1. The highest BCUT2D eigenvalue weighted by atomic mass is 79.9. The van der Waals surface area contributed by atoms with Gasteiger partial charge in [-0.1, -0.05) is 64.5 Å². The normalized spacial score (nSPS) is 11.6. The van der Waals surface area contributed by atoms with E-state index in [0.29, 0.717) is 33.7 Å². The molecule has 3 rings (SSSR count). The van der Waals surface area contributed by atoms with Gasteiger partial charge in [-0.15, -0.1) is 0 Å². The maximum atomic E-state index is 12.8. The SMILES string of the molecule is CCOc1cc(/C=C(/C#N)C(=O)N[C@H](C)c2ccccc2)c(Br)cc1OCc1ccccc1C#N. The minimum absolute atomic E-state index is 0.0347. The summed E-state index contributed by atoms with van der Waals surface area (Å²) < 4.78 is 12.3. The van der Waals surface area contributed by atoms with Gasteiger partial charge in [0.2, 0.25) is 0 Å². The third-order valence-electron chi connectivity index (χ3n) is 5.20. The number of nitriles is 2. The lowest BCUT2D eigenvalue weighted by Crippen LogP contribution is -2.27. The Labute approximate surface area is 213 Å². The van der Waals surface area contributed by atoms with Crippen molar-refractivity contribution in [3.8, 4) is 23.6 Å². The van der Waals surface area contributed by atoms with Crippen molar-refractivity contribution in [2.24, 2.45) is 0 Å². The summed E-state index contributed by atoms with van der Waals surface area (Å²) in [5, 5.41) is 21.8. The highest BCUT2D eigenvalue weighted by molar-refractivity contribution is 9.10. The number of hydrogen-bond acceptors (Lipinski definition) is 5. The highest BCUT2D eigenvalue weighted by Crippen LogP contribution is 2.35. The average molecular weight is 530 g/mol. The van der Waals surface area contributed by atoms with Crippen LogP contribution in [0.4, 0.5) is 0 Å². The first kappa shape index (κ1) is 25.6. The van der Waals surface area contributed by atoms with Crippen molar-refractivity contribution in [1.82, 2.24) is 5.32 Å². The lowest BCUT2D eigenvalue weighted by atomic mass is 10.1. The Morgan fingerprint density at radius 2 is 1.74 bits per heavy atom. The summed E-state index contributed by atoms with van der Waals surface area (Å²) in [5.74, 6) is 0.471. The summed E-state index contributed by atoms with van der Waals surface area (Å²) in [6.07, 6.45) is 1.51. The summed E-state index contributed by atoms with van der Waals surface area (Å²) in [7, 11) is 0. The molecule has 0 aromatic heterocycles. The molecule has 0 radical (unpaired) electrons. The number of amides is 1. The van der Waals surface area contributed by atoms with Crippen molar-refractivity contribution >= 4 is 27.9 Å². The highest BCUT2D eigenvalue weighted by Gasteiger charge is 2.16. The Hall–Kier alpha value is -4.07. The molecule has 35 heavy (non-hydrogen) atoms. The van der Waals surface area contributed by atoms with Crippen LogP contribution in [0.15, 0.2) is 76.8 Å². The molecule has 1 N–H and O–H groups in total. The first-order valence-corrected chi connectivity index (χ1v) is 11.8. The molecule has 0 saturated heterocycles. The topological polar surface area (TPSA) is 95.1 Å². The molecule has 0 aliphatic carbocycles. The molecule has 0 fully saturated rings. The summed E-state index contributed by atoms with van der Waals surface area (Å²) in [6, 6.07) is 24.1. The van der Waals surface area contributed by atoms with E-state index < -0.39 is 5.91 Å². The minimum Gasteiger partial charge on any atom is -0.490 e. The molecule has 0 saturated carbocycles. The predicted octanol–water partition coefficient (Wildman–Crippen LogP) is 6.08. The molecule has 0 bridgehead atoms. The lowest BCUT2D eigenvalue weighted by Gasteiger charge is -2.15. The quantitative estimate of drug-likeness (QED) is 0.267. The van der Waals surface area contributed by atoms with Gasteiger partial charge in [0.25, 0.3) is 5.91 Å². The zero-order valence-electron chi connectivity index (χ0n) is 19.4. The van der Waals surface area contributed by atoms with Gasteiger partial charge in [-0.05, 0) is 49.2 Å². The lowest BCUT2D eigenvalue weighted by molar-refractivity contribution is -0.117. The van der Waals surface area contributed by atoms with E-state index in [2.05, 4.69) is 27.3 Å². The van der Waals surface area contributed by atoms with Crippen LogP contribution >= 0.6 is 15.9 Å². The van der Waals surface area contributed by atoms with E-state index >= 15 is 0 Å². The fraction of sp³-hybridized carbons (Fsp3) is 0.179. The monoisotopic (exact) mass is 529 g/mol. The average Bonchev–Trinajstić information content (AvgIpc) is 2.88. The van der Waals surface area contributed by atoms with E-state index in [9.17, 15) is 15.3 Å². The molecule has 0 heterocycles. The van der Waals surface area contributed by atoms with Crippen LogP contribution in [-0.2, 0) is 11.4 Å². The molecule has 6 nitrogen and oxygen atoms in total. The Balaban J connectivity index is 1.84. The maximum absolute atomic E-state index is 12.8. The smallest absolute Gasteiger partial charge is 0.262 e. The van der Waals surface area contributed by atoms with Crippen LogP contribution in [0, 0.1) is 22.7 Å². The van der Waals surface area contributed by atoms with Gasteiger partial charge in [-0.3, -0.25) is 4.79 Å². The Morgan fingerprint density at radius 3 is 2.43 bits per heavy atom. The third-order valence-corrected chi connectivity index (χ3v) is 5.88. The second-order valence-electron chi connectivity index (χ2n) is 7.59. The van der Waals surface area contributed by atoms with E-state index in [0.717, 1.165) is 11.1 Å². The molecular formula is C28H24BrN3O3. The van der Waals surface area contributed by atoms with Gasteiger partial charge in [0.05, 0.1) is 24.3 Å². The number of rotatable bonds is 9. The molecular weight excluding hydrogens is 506 g/mol. The molecule has 0 aliphatic heterocycles. The van der Waals surface area contributed by atoms with Gasteiger partial charge in [0, 0.05) is 10.0 Å². The zero-order valence-corrected chi connectivity index (χ0v) is 21.0. The van der Waals surface area contributed by atoms with Crippen LogP contribution in [0.1, 0.15) is 42.1 Å². The molecule has 7 heteroatoms. The van der Waals surface area contributed by atoms with E-state index in [1.165, 1.54) is 6.08 Å². The van der Waals surface area contributed by atoms with Crippen LogP contribution < -0.4 is 14.8 Å². The summed E-state index contributed by atoms with van der Waals surface area (Å²) in [4.78, 5) is 12.8.